The first-order valence-corrected chi connectivity index (χ1v) is 9.47. The van der Waals surface area contributed by atoms with Crippen molar-refractivity contribution in [2.75, 3.05) is 51.8 Å². The summed E-state index contributed by atoms with van der Waals surface area (Å²) in [6.07, 6.45) is 1.06. The summed E-state index contributed by atoms with van der Waals surface area (Å²) in [6, 6.07) is 18.4. The second kappa shape index (κ2) is 10.2. The standard InChI is InChI=1S/C21H30N4O/c1-24-13-15-25(16-14-24)12-7-17-26-21-11-6-5-8-19(21)18-22-23-20-9-3-2-4-10-20/h2-6,8-11,22-23H,7,12-18H2,1H3. The molecule has 0 radical (unpaired) electrons. The fourth-order valence-electron chi connectivity index (χ4n) is 3.10. The zero-order chi connectivity index (χ0) is 18.0. The summed E-state index contributed by atoms with van der Waals surface area (Å²) in [7, 11) is 2.19. The number of benzene rings is 2. The van der Waals surface area contributed by atoms with Gasteiger partial charge in [0.25, 0.3) is 0 Å². The number of para-hydroxylation sites is 2. The highest BCUT2D eigenvalue weighted by atomic mass is 16.5. The second-order valence-electron chi connectivity index (χ2n) is 6.80. The Morgan fingerprint density at radius 2 is 1.65 bits per heavy atom. The molecule has 26 heavy (non-hydrogen) atoms. The second-order valence-corrected chi connectivity index (χ2v) is 6.80. The van der Waals surface area contributed by atoms with E-state index in [0.29, 0.717) is 6.54 Å². The Balaban J connectivity index is 1.39. The number of ether oxygens (including phenoxy) is 1. The molecule has 0 aromatic heterocycles. The van der Waals surface area contributed by atoms with Crippen LogP contribution >= 0.6 is 0 Å². The monoisotopic (exact) mass is 354 g/mol. The van der Waals surface area contributed by atoms with Gasteiger partial charge in [0.05, 0.1) is 6.61 Å². The van der Waals surface area contributed by atoms with Crippen molar-refractivity contribution in [1.29, 1.82) is 0 Å². The van der Waals surface area contributed by atoms with Gasteiger partial charge in [0.2, 0.25) is 0 Å². The first-order valence-electron chi connectivity index (χ1n) is 9.47. The Morgan fingerprint density at radius 1 is 0.923 bits per heavy atom. The van der Waals surface area contributed by atoms with Gasteiger partial charge in [-0.05, 0) is 31.7 Å². The molecule has 0 aliphatic carbocycles. The molecule has 1 heterocycles. The van der Waals surface area contributed by atoms with Gasteiger partial charge in [-0.1, -0.05) is 36.4 Å². The van der Waals surface area contributed by atoms with Gasteiger partial charge in [0.1, 0.15) is 5.75 Å². The predicted octanol–water partition coefficient (Wildman–Crippen LogP) is 2.82. The number of rotatable bonds is 9. The van der Waals surface area contributed by atoms with Gasteiger partial charge >= 0.3 is 0 Å². The lowest BCUT2D eigenvalue weighted by Gasteiger charge is -2.32. The molecule has 1 aliphatic heterocycles. The minimum absolute atomic E-state index is 0.712. The third kappa shape index (κ3) is 6.02. The van der Waals surface area contributed by atoms with Crippen LogP contribution in [0.25, 0.3) is 0 Å². The minimum atomic E-state index is 0.712. The number of nitrogens with zero attached hydrogens (tertiary/aromatic N) is 2. The van der Waals surface area contributed by atoms with E-state index in [4.69, 9.17) is 4.74 Å². The molecule has 140 valence electrons. The van der Waals surface area contributed by atoms with Crippen molar-refractivity contribution in [2.24, 2.45) is 0 Å². The van der Waals surface area contributed by atoms with E-state index < -0.39 is 0 Å². The lowest BCUT2D eigenvalue weighted by molar-refractivity contribution is 0.145. The van der Waals surface area contributed by atoms with E-state index in [1.165, 1.54) is 26.2 Å². The van der Waals surface area contributed by atoms with Crippen LogP contribution in [0.1, 0.15) is 12.0 Å². The summed E-state index contributed by atoms with van der Waals surface area (Å²) in [5.74, 6) is 0.966. The SMILES string of the molecule is CN1CCN(CCCOc2ccccc2CNNc2ccccc2)CC1. The number of hydrogen-bond acceptors (Lipinski definition) is 5. The molecule has 0 saturated carbocycles. The van der Waals surface area contributed by atoms with Crippen molar-refractivity contribution in [3.05, 3.63) is 60.2 Å². The molecule has 1 saturated heterocycles. The maximum absolute atomic E-state index is 6.05. The predicted molar refractivity (Wildman–Crippen MR) is 107 cm³/mol. The highest BCUT2D eigenvalue weighted by Gasteiger charge is 2.13. The molecule has 2 aromatic carbocycles. The zero-order valence-electron chi connectivity index (χ0n) is 15.7. The first-order chi connectivity index (χ1) is 12.8. The van der Waals surface area contributed by atoms with Crippen molar-refractivity contribution in [3.8, 4) is 5.75 Å². The summed E-state index contributed by atoms with van der Waals surface area (Å²) in [6.45, 7) is 7.26. The summed E-state index contributed by atoms with van der Waals surface area (Å²) >= 11 is 0. The van der Waals surface area contributed by atoms with Gasteiger partial charge in [-0.15, -0.1) is 0 Å². The van der Waals surface area contributed by atoms with Crippen molar-refractivity contribution >= 4 is 5.69 Å². The lowest BCUT2D eigenvalue weighted by atomic mass is 10.2. The van der Waals surface area contributed by atoms with Crippen molar-refractivity contribution < 1.29 is 4.74 Å². The fraction of sp³-hybridized carbons (Fsp3) is 0.429. The molecule has 3 rings (SSSR count). The third-order valence-electron chi connectivity index (χ3n) is 4.73. The van der Waals surface area contributed by atoms with Crippen LogP contribution in [0.4, 0.5) is 5.69 Å². The number of likely N-dealkylation sites (N-methyl/N-ethyl adjacent to an activating group) is 1. The Labute approximate surface area is 156 Å². The van der Waals surface area contributed by atoms with E-state index in [1.54, 1.807) is 0 Å². The maximum atomic E-state index is 6.05. The quantitative estimate of drug-likeness (QED) is 0.535. The summed E-state index contributed by atoms with van der Waals surface area (Å²) < 4.78 is 6.05. The Morgan fingerprint density at radius 3 is 2.46 bits per heavy atom. The average Bonchev–Trinajstić information content (AvgIpc) is 2.68. The molecule has 0 atom stereocenters. The van der Waals surface area contributed by atoms with Gasteiger partial charge in [-0.3, -0.25) is 0 Å². The Bertz CT molecular complexity index is 641. The Hall–Kier alpha value is -2.08. The molecule has 1 fully saturated rings. The van der Waals surface area contributed by atoms with Crippen LogP contribution in [-0.4, -0.2) is 56.2 Å². The number of piperazine rings is 1. The van der Waals surface area contributed by atoms with E-state index in [9.17, 15) is 0 Å². The molecule has 0 spiro atoms. The van der Waals surface area contributed by atoms with Crippen LogP contribution in [-0.2, 0) is 6.54 Å². The van der Waals surface area contributed by atoms with Gasteiger partial charge in [-0.2, -0.15) is 0 Å². The van der Waals surface area contributed by atoms with Gasteiger partial charge in [-0.25, -0.2) is 5.43 Å². The normalized spacial score (nSPS) is 15.7. The molecular formula is C21H30N4O. The topological polar surface area (TPSA) is 39.8 Å². The largest absolute Gasteiger partial charge is 0.493 e. The number of hydrogen-bond donors (Lipinski definition) is 2. The maximum Gasteiger partial charge on any atom is 0.123 e. The van der Waals surface area contributed by atoms with E-state index >= 15 is 0 Å². The fourth-order valence-corrected chi connectivity index (χ4v) is 3.10. The number of anilines is 1. The molecule has 0 amide bonds. The van der Waals surface area contributed by atoms with Gasteiger partial charge in [0, 0.05) is 50.5 Å². The molecular weight excluding hydrogens is 324 g/mol. The molecule has 5 nitrogen and oxygen atoms in total. The van der Waals surface area contributed by atoms with Crippen LogP contribution in [0.3, 0.4) is 0 Å². The van der Waals surface area contributed by atoms with Crippen LogP contribution in [0, 0.1) is 0 Å². The molecule has 1 aliphatic rings. The zero-order valence-corrected chi connectivity index (χ0v) is 15.7. The van der Waals surface area contributed by atoms with Crippen LogP contribution in [0.5, 0.6) is 5.75 Å². The van der Waals surface area contributed by atoms with E-state index in [-0.39, 0.29) is 0 Å². The van der Waals surface area contributed by atoms with Crippen molar-refractivity contribution in [2.45, 2.75) is 13.0 Å². The van der Waals surface area contributed by atoms with Crippen LogP contribution in [0.15, 0.2) is 54.6 Å². The Kier molecular flexibility index (Phi) is 7.31. The third-order valence-corrected chi connectivity index (χ3v) is 4.73. The smallest absolute Gasteiger partial charge is 0.123 e. The summed E-state index contributed by atoms with van der Waals surface area (Å²) in [5.41, 5.74) is 8.70. The van der Waals surface area contributed by atoms with Crippen LogP contribution < -0.4 is 15.6 Å². The van der Waals surface area contributed by atoms with Gasteiger partial charge < -0.3 is 20.0 Å². The van der Waals surface area contributed by atoms with E-state index in [1.807, 2.05) is 36.4 Å². The van der Waals surface area contributed by atoms with E-state index in [2.05, 4.69) is 45.9 Å². The molecule has 2 aromatic rings. The molecule has 5 heteroatoms. The molecule has 2 N–H and O–H groups in total. The first kappa shape index (κ1) is 18.7. The average molecular weight is 354 g/mol. The van der Waals surface area contributed by atoms with Crippen molar-refractivity contribution in [1.82, 2.24) is 15.2 Å². The van der Waals surface area contributed by atoms with Crippen LogP contribution in [0.2, 0.25) is 0 Å². The minimum Gasteiger partial charge on any atom is -0.493 e. The van der Waals surface area contributed by atoms with Gasteiger partial charge in [0.15, 0.2) is 0 Å². The summed E-state index contributed by atoms with van der Waals surface area (Å²) in [4.78, 5) is 4.92. The number of hydrazine groups is 1. The van der Waals surface area contributed by atoms with E-state index in [0.717, 1.165) is 36.6 Å². The van der Waals surface area contributed by atoms with Crippen molar-refractivity contribution in [3.63, 3.8) is 0 Å². The number of nitrogens with one attached hydrogen (secondary N) is 2. The summed E-state index contributed by atoms with van der Waals surface area (Å²) in [5, 5.41) is 0. The molecule has 0 unspecified atom stereocenters. The molecule has 0 bridgehead atoms. The lowest BCUT2D eigenvalue weighted by Crippen LogP contribution is -2.44. The highest BCUT2D eigenvalue weighted by Crippen LogP contribution is 2.18. The highest BCUT2D eigenvalue weighted by molar-refractivity contribution is 5.41.